The number of benzene rings is 1. The standard InChI is InChI=1S/C18H24N2O/c1-12-10-20(11-13(2)19(12)4)16-7-5-15-6-8-17(14(3)21)18(15)9-16/h5,7-9,12-13H,6,10-11H2,1-4H3/t12-,13+. The number of rotatable bonds is 2. The number of carbonyl (C=O) groups is 1. The zero-order valence-corrected chi connectivity index (χ0v) is 13.4. The second kappa shape index (κ2) is 5.30. The molecule has 0 aromatic heterocycles. The molecule has 1 heterocycles. The topological polar surface area (TPSA) is 23.6 Å². The summed E-state index contributed by atoms with van der Waals surface area (Å²) in [4.78, 5) is 16.6. The maximum Gasteiger partial charge on any atom is 0.160 e. The van der Waals surface area contributed by atoms with Gasteiger partial charge < -0.3 is 4.90 Å². The van der Waals surface area contributed by atoms with Crippen LogP contribution >= 0.6 is 0 Å². The van der Waals surface area contributed by atoms with E-state index in [0.717, 1.165) is 30.6 Å². The van der Waals surface area contributed by atoms with E-state index in [1.807, 2.05) is 0 Å². The van der Waals surface area contributed by atoms with Gasteiger partial charge in [0.1, 0.15) is 0 Å². The van der Waals surface area contributed by atoms with Crippen molar-refractivity contribution in [2.75, 3.05) is 25.0 Å². The van der Waals surface area contributed by atoms with Crippen LogP contribution in [-0.4, -0.2) is 42.9 Å². The second-order valence-electron chi connectivity index (χ2n) is 6.49. The molecule has 2 aliphatic rings. The van der Waals surface area contributed by atoms with E-state index in [2.05, 4.69) is 55.0 Å². The van der Waals surface area contributed by atoms with Gasteiger partial charge in [-0.15, -0.1) is 0 Å². The van der Waals surface area contributed by atoms with Crippen LogP contribution in [0.1, 0.15) is 31.9 Å². The van der Waals surface area contributed by atoms with Crippen LogP contribution in [0.25, 0.3) is 5.57 Å². The van der Waals surface area contributed by atoms with Crippen molar-refractivity contribution >= 4 is 17.0 Å². The van der Waals surface area contributed by atoms with Gasteiger partial charge in [-0.1, -0.05) is 12.1 Å². The zero-order chi connectivity index (χ0) is 15.1. The summed E-state index contributed by atoms with van der Waals surface area (Å²) in [5.74, 6) is 0.172. The number of hydrogen-bond donors (Lipinski definition) is 0. The minimum atomic E-state index is 0.172. The summed E-state index contributed by atoms with van der Waals surface area (Å²) < 4.78 is 0. The number of Topliss-reactive ketones (excluding diaryl/α,β-unsaturated/α-hetero) is 1. The third-order valence-corrected chi connectivity index (χ3v) is 5.01. The van der Waals surface area contributed by atoms with Crippen LogP contribution in [0, 0.1) is 0 Å². The molecule has 0 saturated carbocycles. The summed E-state index contributed by atoms with van der Waals surface area (Å²) in [5, 5.41) is 0. The molecule has 0 N–H and O–H groups in total. The lowest BCUT2D eigenvalue weighted by atomic mass is 10.0. The van der Waals surface area contributed by atoms with E-state index in [4.69, 9.17) is 0 Å². The van der Waals surface area contributed by atoms with Crippen molar-refractivity contribution in [2.45, 2.75) is 39.3 Å². The van der Waals surface area contributed by atoms with Crippen LogP contribution in [0.2, 0.25) is 0 Å². The number of anilines is 1. The van der Waals surface area contributed by atoms with Crippen molar-refractivity contribution in [1.29, 1.82) is 0 Å². The number of piperazine rings is 1. The molecule has 1 aromatic carbocycles. The monoisotopic (exact) mass is 284 g/mol. The Morgan fingerprint density at radius 2 is 1.86 bits per heavy atom. The largest absolute Gasteiger partial charge is 0.368 e. The molecular weight excluding hydrogens is 260 g/mol. The number of nitrogens with zero attached hydrogens (tertiary/aromatic N) is 2. The van der Waals surface area contributed by atoms with E-state index in [1.54, 1.807) is 6.92 Å². The Hall–Kier alpha value is -1.61. The fourth-order valence-corrected chi connectivity index (χ4v) is 3.46. The molecule has 0 spiro atoms. The van der Waals surface area contributed by atoms with Crippen molar-refractivity contribution < 1.29 is 4.79 Å². The molecule has 21 heavy (non-hydrogen) atoms. The first-order valence-electron chi connectivity index (χ1n) is 7.78. The highest BCUT2D eigenvalue weighted by atomic mass is 16.1. The predicted octanol–water partition coefficient (Wildman–Crippen LogP) is 2.74. The average Bonchev–Trinajstić information content (AvgIpc) is 2.87. The Bertz CT molecular complexity index is 593. The fourth-order valence-electron chi connectivity index (χ4n) is 3.46. The molecule has 1 aliphatic heterocycles. The first-order valence-corrected chi connectivity index (χ1v) is 7.78. The summed E-state index contributed by atoms with van der Waals surface area (Å²) in [6, 6.07) is 7.70. The summed E-state index contributed by atoms with van der Waals surface area (Å²) in [6.45, 7) is 8.29. The van der Waals surface area contributed by atoms with Gasteiger partial charge in [0.25, 0.3) is 0 Å². The first-order chi connectivity index (χ1) is 9.97. The highest BCUT2D eigenvalue weighted by molar-refractivity contribution is 6.21. The van der Waals surface area contributed by atoms with Gasteiger partial charge in [0.05, 0.1) is 0 Å². The van der Waals surface area contributed by atoms with Gasteiger partial charge in [0.15, 0.2) is 5.78 Å². The first kappa shape index (κ1) is 14.3. The maximum absolute atomic E-state index is 11.8. The molecule has 1 aliphatic carbocycles. The summed E-state index contributed by atoms with van der Waals surface area (Å²) in [6.07, 6.45) is 2.95. The highest BCUT2D eigenvalue weighted by Crippen LogP contribution is 2.32. The van der Waals surface area contributed by atoms with Crippen LogP contribution in [-0.2, 0) is 11.2 Å². The Kier molecular flexibility index (Phi) is 3.62. The quantitative estimate of drug-likeness (QED) is 0.834. The van der Waals surface area contributed by atoms with Crippen LogP contribution in [0.5, 0.6) is 0 Å². The fraction of sp³-hybridized carbons (Fsp3) is 0.500. The van der Waals surface area contributed by atoms with Gasteiger partial charge in [0, 0.05) is 36.4 Å². The second-order valence-corrected chi connectivity index (χ2v) is 6.49. The van der Waals surface area contributed by atoms with Crippen molar-refractivity contribution in [3.05, 3.63) is 35.4 Å². The number of ketones is 1. The van der Waals surface area contributed by atoms with Crippen LogP contribution in [0.15, 0.2) is 24.3 Å². The highest BCUT2D eigenvalue weighted by Gasteiger charge is 2.27. The lowest BCUT2D eigenvalue weighted by Crippen LogP contribution is -2.55. The minimum Gasteiger partial charge on any atom is -0.368 e. The third-order valence-electron chi connectivity index (χ3n) is 5.01. The smallest absolute Gasteiger partial charge is 0.160 e. The Morgan fingerprint density at radius 1 is 1.19 bits per heavy atom. The molecule has 0 amide bonds. The van der Waals surface area contributed by atoms with Crippen LogP contribution in [0.4, 0.5) is 5.69 Å². The SMILES string of the molecule is CC(=O)C1=CCc2ccc(N3C[C@@H](C)N(C)[C@@H](C)C3)cc21. The van der Waals surface area contributed by atoms with Crippen molar-refractivity contribution in [3.63, 3.8) is 0 Å². The van der Waals surface area contributed by atoms with E-state index in [1.165, 1.54) is 11.3 Å². The number of fused-ring (bicyclic) bond motifs is 1. The van der Waals surface area contributed by atoms with E-state index in [0.29, 0.717) is 12.1 Å². The van der Waals surface area contributed by atoms with Crippen molar-refractivity contribution in [3.8, 4) is 0 Å². The van der Waals surface area contributed by atoms with E-state index >= 15 is 0 Å². The number of hydrogen-bond acceptors (Lipinski definition) is 3. The third kappa shape index (κ3) is 2.51. The van der Waals surface area contributed by atoms with E-state index in [-0.39, 0.29) is 5.78 Å². The summed E-state index contributed by atoms with van der Waals surface area (Å²) >= 11 is 0. The summed E-state index contributed by atoms with van der Waals surface area (Å²) in [7, 11) is 2.20. The molecule has 1 aromatic rings. The molecule has 2 atom stereocenters. The van der Waals surface area contributed by atoms with Crippen molar-refractivity contribution in [2.24, 2.45) is 0 Å². The van der Waals surface area contributed by atoms with E-state index in [9.17, 15) is 4.79 Å². The molecular formula is C18H24N2O. The van der Waals surface area contributed by atoms with Gasteiger partial charge >= 0.3 is 0 Å². The van der Waals surface area contributed by atoms with Crippen LogP contribution in [0.3, 0.4) is 0 Å². The number of carbonyl (C=O) groups excluding carboxylic acids is 1. The molecule has 0 bridgehead atoms. The molecule has 3 rings (SSSR count). The molecule has 3 nitrogen and oxygen atoms in total. The summed E-state index contributed by atoms with van der Waals surface area (Å²) in [5.41, 5.74) is 4.55. The van der Waals surface area contributed by atoms with Gasteiger partial charge in [-0.05, 0) is 57.5 Å². The van der Waals surface area contributed by atoms with Gasteiger partial charge in [-0.2, -0.15) is 0 Å². The van der Waals surface area contributed by atoms with E-state index < -0.39 is 0 Å². The van der Waals surface area contributed by atoms with Crippen LogP contribution < -0.4 is 4.90 Å². The molecule has 0 radical (unpaired) electrons. The van der Waals surface area contributed by atoms with Crippen molar-refractivity contribution in [1.82, 2.24) is 4.90 Å². The Balaban J connectivity index is 1.90. The zero-order valence-electron chi connectivity index (χ0n) is 13.4. The Labute approximate surface area is 127 Å². The predicted molar refractivity (Wildman–Crippen MR) is 87.7 cm³/mol. The number of allylic oxidation sites excluding steroid dienone is 2. The number of likely N-dealkylation sites (N-methyl/N-ethyl adjacent to an activating group) is 1. The van der Waals surface area contributed by atoms with Gasteiger partial charge in [-0.25, -0.2) is 0 Å². The molecule has 112 valence electrons. The molecule has 1 saturated heterocycles. The minimum absolute atomic E-state index is 0.172. The maximum atomic E-state index is 11.8. The van der Waals surface area contributed by atoms with Gasteiger partial charge in [0.2, 0.25) is 0 Å². The Morgan fingerprint density at radius 3 is 2.48 bits per heavy atom. The molecule has 3 heteroatoms. The molecule has 0 unspecified atom stereocenters. The lowest BCUT2D eigenvalue weighted by Gasteiger charge is -2.43. The lowest BCUT2D eigenvalue weighted by molar-refractivity contribution is -0.111. The molecule has 1 fully saturated rings. The van der Waals surface area contributed by atoms with Gasteiger partial charge in [-0.3, -0.25) is 9.69 Å². The average molecular weight is 284 g/mol. The normalized spacial score (nSPS) is 25.7.